The monoisotopic (exact) mass is 237 g/mol. The number of benzene rings is 1. The highest BCUT2D eigenvalue weighted by Gasteiger charge is 2.13. The highest BCUT2D eigenvalue weighted by Crippen LogP contribution is 2.19. The molecule has 5 heteroatoms. The van der Waals surface area contributed by atoms with E-state index in [9.17, 15) is 13.6 Å². The Morgan fingerprint density at radius 1 is 1.29 bits per heavy atom. The predicted octanol–water partition coefficient (Wildman–Crippen LogP) is 3.12. The second-order valence-corrected chi connectivity index (χ2v) is 3.51. The minimum atomic E-state index is -0.691. The van der Waals surface area contributed by atoms with E-state index in [4.69, 9.17) is 4.42 Å². The van der Waals surface area contributed by atoms with Crippen molar-refractivity contribution < 1.29 is 18.0 Å². The first-order chi connectivity index (χ1) is 8.08. The van der Waals surface area contributed by atoms with Gasteiger partial charge < -0.3 is 9.73 Å². The van der Waals surface area contributed by atoms with Crippen molar-refractivity contribution in [3.05, 3.63) is 53.5 Å². The van der Waals surface area contributed by atoms with Crippen molar-refractivity contribution in [3.63, 3.8) is 0 Å². The lowest BCUT2D eigenvalue weighted by Gasteiger charge is -2.06. The van der Waals surface area contributed by atoms with Crippen molar-refractivity contribution in [1.82, 2.24) is 0 Å². The van der Waals surface area contributed by atoms with Gasteiger partial charge in [0.15, 0.2) is 5.76 Å². The van der Waals surface area contributed by atoms with E-state index < -0.39 is 17.5 Å². The van der Waals surface area contributed by atoms with Gasteiger partial charge in [0.1, 0.15) is 11.6 Å². The van der Waals surface area contributed by atoms with Gasteiger partial charge in [-0.05, 0) is 30.7 Å². The fraction of sp³-hybridized carbons (Fsp3) is 0.0833. The number of rotatable bonds is 2. The quantitative estimate of drug-likeness (QED) is 0.871. The second-order valence-electron chi connectivity index (χ2n) is 3.51. The zero-order valence-electron chi connectivity index (χ0n) is 8.96. The normalized spacial score (nSPS) is 10.3. The van der Waals surface area contributed by atoms with E-state index in [0.717, 1.165) is 12.1 Å². The molecular weight excluding hydrogens is 228 g/mol. The number of furan rings is 1. The molecule has 2 rings (SSSR count). The molecule has 1 aromatic carbocycles. The van der Waals surface area contributed by atoms with Gasteiger partial charge in [-0.15, -0.1) is 0 Å². The van der Waals surface area contributed by atoms with Crippen molar-refractivity contribution in [3.8, 4) is 0 Å². The molecule has 0 unspecified atom stereocenters. The number of anilines is 1. The first kappa shape index (κ1) is 11.3. The van der Waals surface area contributed by atoms with Crippen LogP contribution in [0.2, 0.25) is 0 Å². The summed E-state index contributed by atoms with van der Waals surface area (Å²) in [5.41, 5.74) is -0.0343. The summed E-state index contributed by atoms with van der Waals surface area (Å²) < 4.78 is 31.5. The standard InChI is InChI=1S/C12H9F2NO2/c1-7-5-9(14)10(6-8(7)13)15-12(16)11-3-2-4-17-11/h2-6H,1H3,(H,15,16). The summed E-state index contributed by atoms with van der Waals surface area (Å²) in [6.07, 6.45) is 1.32. The highest BCUT2D eigenvalue weighted by atomic mass is 19.1. The SMILES string of the molecule is Cc1cc(F)c(NC(=O)c2ccco2)cc1F. The molecule has 0 spiro atoms. The summed E-state index contributed by atoms with van der Waals surface area (Å²) >= 11 is 0. The molecule has 3 nitrogen and oxygen atoms in total. The molecule has 0 saturated carbocycles. The van der Waals surface area contributed by atoms with Crippen LogP contribution in [-0.4, -0.2) is 5.91 Å². The van der Waals surface area contributed by atoms with E-state index in [0.29, 0.717) is 0 Å². The zero-order valence-corrected chi connectivity index (χ0v) is 8.96. The lowest BCUT2D eigenvalue weighted by Crippen LogP contribution is -2.12. The minimum absolute atomic E-state index is 0.0328. The molecule has 0 atom stereocenters. The molecule has 1 N–H and O–H groups in total. The molecule has 1 amide bonds. The van der Waals surface area contributed by atoms with Gasteiger partial charge in [0, 0.05) is 6.07 Å². The van der Waals surface area contributed by atoms with Crippen LogP contribution in [0.25, 0.3) is 0 Å². The summed E-state index contributed by atoms with van der Waals surface area (Å²) in [6.45, 7) is 1.44. The second kappa shape index (κ2) is 4.37. The average molecular weight is 237 g/mol. The third kappa shape index (κ3) is 2.33. The number of carbonyl (C=O) groups excluding carboxylic acids is 1. The van der Waals surface area contributed by atoms with Gasteiger partial charge in [0.05, 0.1) is 12.0 Å². The average Bonchev–Trinajstić information content (AvgIpc) is 2.79. The van der Waals surface area contributed by atoms with Crippen LogP contribution in [0, 0.1) is 18.6 Å². The van der Waals surface area contributed by atoms with Gasteiger partial charge >= 0.3 is 0 Å². The third-order valence-corrected chi connectivity index (χ3v) is 2.24. The van der Waals surface area contributed by atoms with E-state index in [1.165, 1.54) is 25.3 Å². The van der Waals surface area contributed by atoms with Gasteiger partial charge in [-0.25, -0.2) is 8.78 Å². The number of hydrogen-bond donors (Lipinski definition) is 1. The molecule has 0 aliphatic carbocycles. The van der Waals surface area contributed by atoms with Crippen LogP contribution < -0.4 is 5.32 Å². The molecule has 1 heterocycles. The van der Waals surface area contributed by atoms with Crippen LogP contribution in [0.1, 0.15) is 16.1 Å². The molecule has 0 fully saturated rings. The first-order valence-corrected chi connectivity index (χ1v) is 4.88. The minimum Gasteiger partial charge on any atom is -0.459 e. The molecule has 1 aromatic heterocycles. The van der Waals surface area contributed by atoms with Gasteiger partial charge in [0.25, 0.3) is 5.91 Å². The summed E-state index contributed by atoms with van der Waals surface area (Å²) in [7, 11) is 0. The molecule has 0 bridgehead atoms. The van der Waals surface area contributed by atoms with Crippen molar-refractivity contribution >= 4 is 11.6 Å². The Morgan fingerprint density at radius 3 is 2.71 bits per heavy atom. The Bertz CT molecular complexity index is 550. The van der Waals surface area contributed by atoms with Crippen LogP contribution in [0.3, 0.4) is 0 Å². The fourth-order valence-corrected chi connectivity index (χ4v) is 1.33. The molecule has 0 aliphatic heterocycles. The third-order valence-electron chi connectivity index (χ3n) is 2.24. The Balaban J connectivity index is 2.25. The number of aryl methyl sites for hydroxylation is 1. The number of amides is 1. The summed E-state index contributed by atoms with van der Waals surface area (Å²) in [5, 5.41) is 2.23. The Labute approximate surface area is 96.1 Å². The zero-order chi connectivity index (χ0) is 12.4. The molecule has 0 saturated heterocycles. The van der Waals surface area contributed by atoms with Gasteiger partial charge in [-0.3, -0.25) is 4.79 Å². The van der Waals surface area contributed by atoms with Crippen LogP contribution in [0.15, 0.2) is 34.9 Å². The van der Waals surface area contributed by atoms with Crippen LogP contribution >= 0.6 is 0 Å². The summed E-state index contributed by atoms with van der Waals surface area (Å²) in [4.78, 5) is 11.5. The van der Waals surface area contributed by atoms with Crippen molar-refractivity contribution in [2.24, 2.45) is 0 Å². The number of nitrogens with one attached hydrogen (secondary N) is 1. The van der Waals surface area contributed by atoms with Crippen molar-refractivity contribution in [2.75, 3.05) is 5.32 Å². The smallest absolute Gasteiger partial charge is 0.291 e. The molecule has 0 aliphatic rings. The number of hydrogen-bond acceptors (Lipinski definition) is 2. The fourth-order valence-electron chi connectivity index (χ4n) is 1.33. The number of halogens is 2. The maximum Gasteiger partial charge on any atom is 0.291 e. The lowest BCUT2D eigenvalue weighted by atomic mass is 10.2. The van der Waals surface area contributed by atoms with E-state index in [1.807, 2.05) is 0 Å². The summed E-state index contributed by atoms with van der Waals surface area (Å²) in [6, 6.07) is 4.91. The molecule has 2 aromatic rings. The molecular formula is C12H9F2NO2. The van der Waals surface area contributed by atoms with E-state index in [2.05, 4.69) is 5.32 Å². The van der Waals surface area contributed by atoms with Gasteiger partial charge in [-0.1, -0.05) is 0 Å². The maximum atomic E-state index is 13.4. The first-order valence-electron chi connectivity index (χ1n) is 4.88. The van der Waals surface area contributed by atoms with Crippen LogP contribution in [-0.2, 0) is 0 Å². The van der Waals surface area contributed by atoms with Crippen LogP contribution in [0.4, 0.5) is 14.5 Å². The Kier molecular flexibility index (Phi) is 2.91. The molecule has 88 valence electrons. The predicted molar refractivity (Wildman–Crippen MR) is 57.8 cm³/mol. The summed E-state index contributed by atoms with van der Waals surface area (Å²) in [5.74, 6) is -1.87. The maximum absolute atomic E-state index is 13.4. The molecule has 17 heavy (non-hydrogen) atoms. The van der Waals surface area contributed by atoms with Crippen molar-refractivity contribution in [1.29, 1.82) is 0 Å². The Morgan fingerprint density at radius 2 is 2.06 bits per heavy atom. The lowest BCUT2D eigenvalue weighted by molar-refractivity contribution is 0.0996. The molecule has 0 radical (unpaired) electrons. The van der Waals surface area contributed by atoms with Gasteiger partial charge in [-0.2, -0.15) is 0 Å². The Hall–Kier alpha value is -2.17. The van der Waals surface area contributed by atoms with E-state index in [1.54, 1.807) is 0 Å². The highest BCUT2D eigenvalue weighted by molar-refractivity contribution is 6.02. The topological polar surface area (TPSA) is 42.2 Å². The van der Waals surface area contributed by atoms with Crippen LogP contribution in [0.5, 0.6) is 0 Å². The van der Waals surface area contributed by atoms with Gasteiger partial charge in [0.2, 0.25) is 0 Å². The largest absolute Gasteiger partial charge is 0.459 e. The van der Waals surface area contributed by atoms with E-state index in [-0.39, 0.29) is 17.0 Å². The van der Waals surface area contributed by atoms with Crippen molar-refractivity contribution in [2.45, 2.75) is 6.92 Å². The van der Waals surface area contributed by atoms with E-state index >= 15 is 0 Å². The number of carbonyl (C=O) groups is 1.